The van der Waals surface area contributed by atoms with Crippen LogP contribution in [0.15, 0.2) is 59.2 Å². The van der Waals surface area contributed by atoms with Gasteiger partial charge in [0, 0.05) is 16.5 Å². The molecule has 7 nitrogen and oxygen atoms in total. The van der Waals surface area contributed by atoms with Crippen LogP contribution in [-0.4, -0.2) is 36.3 Å². The Morgan fingerprint density at radius 1 is 1.26 bits per heavy atom. The first-order valence-electron chi connectivity index (χ1n) is 8.30. The molecule has 1 amide bonds. The highest BCUT2D eigenvalue weighted by Crippen LogP contribution is 2.25. The Morgan fingerprint density at radius 3 is 3.04 bits per heavy atom. The number of tetrazole rings is 1. The molecule has 0 aliphatic heterocycles. The number of aromatic nitrogens is 5. The number of benzene rings is 1. The lowest BCUT2D eigenvalue weighted by Gasteiger charge is -2.13. The van der Waals surface area contributed by atoms with Crippen molar-refractivity contribution in [1.29, 1.82) is 0 Å². The Labute approximate surface area is 163 Å². The van der Waals surface area contributed by atoms with Crippen LogP contribution in [0.25, 0.3) is 10.9 Å². The van der Waals surface area contributed by atoms with Crippen molar-refractivity contribution in [3.05, 3.63) is 58.9 Å². The van der Waals surface area contributed by atoms with Crippen molar-refractivity contribution in [2.75, 3.05) is 5.32 Å². The molecular formula is C18H16N6OS2. The number of thioether (sulfide) groups is 1. The average molecular weight is 397 g/mol. The molecule has 0 spiro atoms. The van der Waals surface area contributed by atoms with Gasteiger partial charge in [-0.3, -0.25) is 9.78 Å². The summed E-state index contributed by atoms with van der Waals surface area (Å²) < 4.78 is 1.71. The summed E-state index contributed by atoms with van der Waals surface area (Å²) in [5.74, 6) is -0.109. The molecule has 0 saturated carbocycles. The van der Waals surface area contributed by atoms with Gasteiger partial charge in [0.25, 0.3) is 0 Å². The van der Waals surface area contributed by atoms with Crippen molar-refractivity contribution in [3.63, 3.8) is 0 Å². The van der Waals surface area contributed by atoms with Crippen LogP contribution in [0.4, 0.5) is 5.69 Å². The molecule has 4 rings (SSSR count). The van der Waals surface area contributed by atoms with Gasteiger partial charge >= 0.3 is 0 Å². The molecule has 1 unspecified atom stereocenters. The standard InChI is InChI=1S/C18H16N6OS2/c1-12(27-18-21-22-23-24(18)11-13-5-4-10-26-13)17(25)20-16-8-2-7-15-14(16)6-3-9-19-15/h2-10,12H,11H2,1H3,(H,20,25). The topological polar surface area (TPSA) is 85.6 Å². The first-order chi connectivity index (χ1) is 13.2. The molecule has 1 N–H and O–H groups in total. The normalized spacial score (nSPS) is 12.2. The second-order valence-electron chi connectivity index (χ2n) is 5.82. The number of nitrogens with one attached hydrogen (secondary N) is 1. The van der Waals surface area contributed by atoms with E-state index in [4.69, 9.17) is 0 Å². The predicted molar refractivity (Wildman–Crippen MR) is 107 cm³/mol. The van der Waals surface area contributed by atoms with Crippen LogP contribution in [-0.2, 0) is 11.3 Å². The molecule has 0 aliphatic rings. The molecule has 9 heteroatoms. The number of nitrogens with zero attached hydrogens (tertiary/aromatic N) is 5. The zero-order valence-electron chi connectivity index (χ0n) is 14.4. The summed E-state index contributed by atoms with van der Waals surface area (Å²) in [5, 5.41) is 18.0. The smallest absolute Gasteiger partial charge is 0.237 e. The number of pyridine rings is 1. The molecular weight excluding hydrogens is 380 g/mol. The number of hydrogen-bond acceptors (Lipinski definition) is 7. The van der Waals surface area contributed by atoms with Crippen molar-refractivity contribution in [2.24, 2.45) is 0 Å². The zero-order chi connectivity index (χ0) is 18.6. The fourth-order valence-corrected chi connectivity index (χ4v) is 4.06. The Balaban J connectivity index is 1.46. The number of hydrogen-bond donors (Lipinski definition) is 1. The van der Waals surface area contributed by atoms with Crippen molar-refractivity contribution < 1.29 is 4.79 Å². The van der Waals surface area contributed by atoms with E-state index in [2.05, 4.69) is 25.8 Å². The minimum Gasteiger partial charge on any atom is -0.324 e. The van der Waals surface area contributed by atoms with Crippen LogP contribution in [0.5, 0.6) is 0 Å². The van der Waals surface area contributed by atoms with E-state index in [-0.39, 0.29) is 11.2 Å². The average Bonchev–Trinajstić information content (AvgIpc) is 3.35. The van der Waals surface area contributed by atoms with Crippen molar-refractivity contribution in [3.8, 4) is 0 Å². The monoisotopic (exact) mass is 396 g/mol. The van der Waals surface area contributed by atoms with Crippen LogP contribution in [0.1, 0.15) is 11.8 Å². The summed E-state index contributed by atoms with van der Waals surface area (Å²) in [5.41, 5.74) is 1.59. The summed E-state index contributed by atoms with van der Waals surface area (Å²) in [6.45, 7) is 2.43. The minimum absolute atomic E-state index is 0.109. The summed E-state index contributed by atoms with van der Waals surface area (Å²) >= 11 is 2.98. The number of carbonyl (C=O) groups excluding carboxylic acids is 1. The zero-order valence-corrected chi connectivity index (χ0v) is 16.1. The van der Waals surface area contributed by atoms with Gasteiger partial charge in [0.05, 0.1) is 23.0 Å². The fraction of sp³-hybridized carbons (Fsp3) is 0.167. The molecule has 0 bridgehead atoms. The highest BCUT2D eigenvalue weighted by molar-refractivity contribution is 8.00. The van der Waals surface area contributed by atoms with E-state index in [0.29, 0.717) is 11.7 Å². The summed E-state index contributed by atoms with van der Waals surface area (Å²) in [7, 11) is 0. The minimum atomic E-state index is -0.356. The third kappa shape index (κ3) is 3.99. The first kappa shape index (κ1) is 17.6. The Hall–Kier alpha value is -2.78. The predicted octanol–water partition coefficient (Wildman–Crippen LogP) is 3.45. The third-order valence-electron chi connectivity index (χ3n) is 3.94. The number of amides is 1. The van der Waals surface area contributed by atoms with E-state index in [0.717, 1.165) is 21.5 Å². The fourth-order valence-electron chi connectivity index (χ4n) is 2.59. The van der Waals surface area contributed by atoms with E-state index in [1.807, 2.05) is 54.8 Å². The summed E-state index contributed by atoms with van der Waals surface area (Å²) in [6.07, 6.45) is 1.74. The molecule has 3 aromatic heterocycles. The van der Waals surface area contributed by atoms with Crippen molar-refractivity contribution in [1.82, 2.24) is 25.2 Å². The molecule has 3 heterocycles. The van der Waals surface area contributed by atoms with Crippen LogP contribution < -0.4 is 5.32 Å². The van der Waals surface area contributed by atoms with Crippen molar-refractivity contribution >= 4 is 45.6 Å². The van der Waals surface area contributed by atoms with E-state index in [1.165, 1.54) is 11.8 Å². The van der Waals surface area contributed by atoms with Gasteiger partial charge in [-0.15, -0.1) is 16.4 Å². The van der Waals surface area contributed by atoms with Gasteiger partial charge in [0.1, 0.15) is 0 Å². The molecule has 0 fully saturated rings. The molecule has 4 aromatic rings. The highest BCUT2D eigenvalue weighted by atomic mass is 32.2. The maximum atomic E-state index is 12.7. The number of carbonyl (C=O) groups is 1. The number of fused-ring (bicyclic) bond motifs is 1. The van der Waals surface area contributed by atoms with Gasteiger partial charge in [0.15, 0.2) is 0 Å². The van der Waals surface area contributed by atoms with E-state index in [1.54, 1.807) is 22.2 Å². The van der Waals surface area contributed by atoms with Gasteiger partial charge in [-0.25, -0.2) is 4.68 Å². The molecule has 0 aliphatic carbocycles. The van der Waals surface area contributed by atoms with E-state index < -0.39 is 0 Å². The number of anilines is 1. The van der Waals surface area contributed by atoms with Gasteiger partial charge in [0.2, 0.25) is 11.1 Å². The SMILES string of the molecule is CC(Sc1nnnn1Cc1cccs1)C(=O)Nc1cccc2ncccc12. The van der Waals surface area contributed by atoms with E-state index in [9.17, 15) is 4.79 Å². The number of thiophene rings is 1. The van der Waals surface area contributed by atoms with Crippen LogP contribution in [0.3, 0.4) is 0 Å². The third-order valence-corrected chi connectivity index (χ3v) is 5.87. The molecule has 1 atom stereocenters. The molecule has 0 saturated heterocycles. The Kier molecular flexibility index (Phi) is 5.12. The lowest BCUT2D eigenvalue weighted by molar-refractivity contribution is -0.115. The molecule has 27 heavy (non-hydrogen) atoms. The second kappa shape index (κ2) is 7.85. The maximum Gasteiger partial charge on any atom is 0.237 e. The second-order valence-corrected chi connectivity index (χ2v) is 8.16. The lowest BCUT2D eigenvalue weighted by atomic mass is 10.2. The summed E-state index contributed by atoms with van der Waals surface area (Å²) in [4.78, 5) is 18.2. The van der Waals surface area contributed by atoms with E-state index >= 15 is 0 Å². The van der Waals surface area contributed by atoms with Gasteiger partial charge < -0.3 is 5.32 Å². The number of rotatable bonds is 6. The van der Waals surface area contributed by atoms with Crippen LogP contribution in [0.2, 0.25) is 0 Å². The quantitative estimate of drug-likeness (QED) is 0.503. The molecule has 0 radical (unpaired) electrons. The first-order valence-corrected chi connectivity index (χ1v) is 10.1. The van der Waals surface area contributed by atoms with Gasteiger partial charge in [-0.1, -0.05) is 23.9 Å². The van der Waals surface area contributed by atoms with Crippen LogP contribution >= 0.6 is 23.1 Å². The molecule has 136 valence electrons. The maximum absolute atomic E-state index is 12.7. The largest absolute Gasteiger partial charge is 0.324 e. The Bertz CT molecular complexity index is 1060. The Morgan fingerprint density at radius 2 is 2.19 bits per heavy atom. The highest BCUT2D eigenvalue weighted by Gasteiger charge is 2.19. The van der Waals surface area contributed by atoms with Crippen molar-refractivity contribution in [2.45, 2.75) is 23.9 Å². The van der Waals surface area contributed by atoms with Gasteiger partial charge in [-0.2, -0.15) is 0 Å². The molecule has 1 aromatic carbocycles. The lowest BCUT2D eigenvalue weighted by Crippen LogP contribution is -2.23. The van der Waals surface area contributed by atoms with Crippen LogP contribution in [0, 0.1) is 0 Å². The van der Waals surface area contributed by atoms with Gasteiger partial charge in [-0.05, 0) is 53.1 Å². The summed E-state index contributed by atoms with van der Waals surface area (Å²) in [6, 6.07) is 13.5.